The number of fused-ring (bicyclic) bond motifs is 1. The Kier molecular flexibility index (Phi) is 10.3. The van der Waals surface area contributed by atoms with Crippen LogP contribution in [0, 0.1) is 5.92 Å². The molecule has 1 aromatic rings. The van der Waals surface area contributed by atoms with E-state index < -0.39 is 23.9 Å². The molecular formula is C27H41N5O5. The second-order valence-corrected chi connectivity index (χ2v) is 10.2. The molecule has 1 fully saturated rings. The van der Waals surface area contributed by atoms with Crippen molar-refractivity contribution < 1.29 is 23.9 Å². The highest BCUT2D eigenvalue weighted by molar-refractivity contribution is 6.01. The van der Waals surface area contributed by atoms with E-state index in [2.05, 4.69) is 15.5 Å². The maximum atomic E-state index is 13.6. The highest BCUT2D eigenvalue weighted by atomic mass is 16.5. The quantitative estimate of drug-likeness (QED) is 0.622. The van der Waals surface area contributed by atoms with E-state index in [-0.39, 0.29) is 36.3 Å². The minimum atomic E-state index is -1.07. The lowest BCUT2D eigenvalue weighted by atomic mass is 10.0. The van der Waals surface area contributed by atoms with Gasteiger partial charge in [0.05, 0.1) is 18.5 Å². The summed E-state index contributed by atoms with van der Waals surface area (Å²) in [6, 6.07) is 5.01. The number of carbonyl (C=O) groups is 4. The summed E-state index contributed by atoms with van der Waals surface area (Å²) in [5.41, 5.74) is 0.278. The average molecular weight is 516 g/mol. The molecule has 10 heteroatoms. The number of nitrogens with zero attached hydrogens (tertiary/aromatic N) is 3. The molecule has 37 heavy (non-hydrogen) atoms. The zero-order valence-electron chi connectivity index (χ0n) is 22.5. The Bertz CT molecular complexity index is 968. The first kappa shape index (κ1) is 28.4. The third-order valence-electron chi connectivity index (χ3n) is 6.81. The first-order chi connectivity index (χ1) is 17.7. The second-order valence-electron chi connectivity index (χ2n) is 10.2. The summed E-state index contributed by atoms with van der Waals surface area (Å²) in [4.78, 5) is 59.0. The summed E-state index contributed by atoms with van der Waals surface area (Å²) in [6.07, 6.45) is 1.02. The second kappa shape index (κ2) is 13.4. The molecule has 3 rings (SSSR count). The molecule has 1 saturated heterocycles. The van der Waals surface area contributed by atoms with Crippen LogP contribution in [-0.2, 0) is 14.4 Å². The monoisotopic (exact) mass is 515 g/mol. The van der Waals surface area contributed by atoms with E-state index in [4.69, 9.17) is 4.74 Å². The van der Waals surface area contributed by atoms with E-state index in [0.717, 1.165) is 13.0 Å². The zero-order valence-corrected chi connectivity index (χ0v) is 22.5. The van der Waals surface area contributed by atoms with E-state index in [1.165, 1.54) is 0 Å². The van der Waals surface area contributed by atoms with Gasteiger partial charge in [-0.05, 0) is 51.4 Å². The topological polar surface area (TPSA) is 111 Å². The van der Waals surface area contributed by atoms with Crippen molar-refractivity contribution in [1.29, 1.82) is 0 Å². The number of para-hydroxylation sites is 1. The van der Waals surface area contributed by atoms with E-state index in [1.54, 1.807) is 34.1 Å². The number of amides is 4. The first-order valence-corrected chi connectivity index (χ1v) is 13.3. The van der Waals surface area contributed by atoms with Crippen molar-refractivity contribution in [2.45, 2.75) is 52.1 Å². The van der Waals surface area contributed by atoms with Gasteiger partial charge < -0.3 is 30.1 Å². The van der Waals surface area contributed by atoms with Crippen LogP contribution >= 0.6 is 0 Å². The number of ether oxygens (including phenoxy) is 1. The number of benzene rings is 1. The van der Waals surface area contributed by atoms with Crippen molar-refractivity contribution in [3.8, 4) is 5.75 Å². The molecule has 4 amide bonds. The molecule has 0 spiro atoms. The molecule has 2 atom stereocenters. The first-order valence-electron chi connectivity index (χ1n) is 13.3. The molecule has 2 heterocycles. The van der Waals surface area contributed by atoms with E-state index in [0.29, 0.717) is 44.9 Å². The molecule has 2 aliphatic rings. The molecule has 2 aliphatic heterocycles. The number of rotatable bonds is 4. The van der Waals surface area contributed by atoms with Gasteiger partial charge in [0.25, 0.3) is 5.91 Å². The molecule has 0 aliphatic carbocycles. The normalized spacial score (nSPS) is 22.9. The lowest BCUT2D eigenvalue weighted by Gasteiger charge is -2.30. The van der Waals surface area contributed by atoms with Crippen LogP contribution in [0.1, 0.15) is 50.4 Å². The van der Waals surface area contributed by atoms with Gasteiger partial charge in [0.2, 0.25) is 17.7 Å². The minimum absolute atomic E-state index is 0.168. The average Bonchev–Trinajstić information content (AvgIpc) is 3.08. The smallest absolute Gasteiger partial charge is 0.255 e. The molecule has 1 aromatic carbocycles. The van der Waals surface area contributed by atoms with Crippen LogP contribution in [0.4, 0.5) is 0 Å². The Hall–Kier alpha value is -3.14. The van der Waals surface area contributed by atoms with Gasteiger partial charge >= 0.3 is 0 Å². The summed E-state index contributed by atoms with van der Waals surface area (Å²) >= 11 is 0. The van der Waals surface area contributed by atoms with Crippen LogP contribution < -0.4 is 15.4 Å². The summed E-state index contributed by atoms with van der Waals surface area (Å²) < 4.78 is 5.92. The van der Waals surface area contributed by atoms with Crippen molar-refractivity contribution in [2.24, 2.45) is 5.92 Å². The number of likely N-dealkylation sites (N-methyl/N-ethyl adjacent to an activating group) is 2. The van der Waals surface area contributed by atoms with Crippen molar-refractivity contribution in [2.75, 3.05) is 52.9 Å². The molecule has 0 unspecified atom stereocenters. The van der Waals surface area contributed by atoms with Crippen LogP contribution in [0.15, 0.2) is 24.3 Å². The van der Waals surface area contributed by atoms with Gasteiger partial charge in [-0.1, -0.05) is 26.0 Å². The third-order valence-corrected chi connectivity index (χ3v) is 6.81. The molecule has 0 bridgehead atoms. The minimum Gasteiger partial charge on any atom is -0.491 e. The van der Waals surface area contributed by atoms with Gasteiger partial charge in [-0.15, -0.1) is 0 Å². The molecule has 10 nitrogen and oxygen atoms in total. The predicted octanol–water partition coefficient (Wildman–Crippen LogP) is 1.11. The highest BCUT2D eigenvalue weighted by Gasteiger charge is 2.33. The van der Waals surface area contributed by atoms with Gasteiger partial charge in [-0.25, -0.2) is 0 Å². The van der Waals surface area contributed by atoms with Crippen LogP contribution in [0.3, 0.4) is 0 Å². The lowest BCUT2D eigenvalue weighted by molar-refractivity contribution is -0.138. The van der Waals surface area contributed by atoms with E-state index in [1.807, 2.05) is 27.8 Å². The van der Waals surface area contributed by atoms with Crippen LogP contribution in [0.5, 0.6) is 5.75 Å². The Morgan fingerprint density at radius 2 is 1.81 bits per heavy atom. The van der Waals surface area contributed by atoms with Crippen molar-refractivity contribution in [3.63, 3.8) is 0 Å². The van der Waals surface area contributed by atoms with Gasteiger partial charge in [-0.2, -0.15) is 0 Å². The molecule has 2 N–H and O–H groups in total. The Morgan fingerprint density at radius 3 is 2.54 bits per heavy atom. The number of nitrogens with one attached hydrogen (secondary N) is 2. The lowest BCUT2D eigenvalue weighted by Crippen LogP contribution is -2.54. The fourth-order valence-corrected chi connectivity index (χ4v) is 4.75. The van der Waals surface area contributed by atoms with Crippen LogP contribution in [0.2, 0.25) is 0 Å². The summed E-state index contributed by atoms with van der Waals surface area (Å²) in [6.45, 7) is 9.49. The highest BCUT2D eigenvalue weighted by Crippen LogP contribution is 2.19. The van der Waals surface area contributed by atoms with Gasteiger partial charge in [0, 0.05) is 26.2 Å². The third kappa shape index (κ3) is 7.92. The molecule has 0 saturated carbocycles. The predicted molar refractivity (Wildman–Crippen MR) is 140 cm³/mol. The Labute approximate surface area is 219 Å². The summed E-state index contributed by atoms with van der Waals surface area (Å²) in [7, 11) is 2.01. The van der Waals surface area contributed by atoms with Crippen molar-refractivity contribution >= 4 is 23.6 Å². The SMILES string of the molecule is CCN1CCOc2ccccc2C(=O)N[C@H](C(=O)N2CCCN(C)CC2)CC(=O)N[C@H](CC(C)C)C1=O. The van der Waals surface area contributed by atoms with Gasteiger partial charge in [0.15, 0.2) is 0 Å². The number of hydrogen-bond donors (Lipinski definition) is 2. The molecular weight excluding hydrogens is 474 g/mol. The summed E-state index contributed by atoms with van der Waals surface area (Å²) in [5.74, 6) is -0.866. The van der Waals surface area contributed by atoms with E-state index >= 15 is 0 Å². The standard InChI is InChI=1S/C27H41N5O5/c1-5-31-15-16-37-23-10-7-6-9-20(23)25(34)29-22(27(36)32-12-8-11-30(4)13-14-32)18-24(33)28-21(26(31)35)17-19(2)3/h6-7,9-10,19,21-22H,5,8,11-18H2,1-4H3,(H,28,33)(H,29,34)/t21-,22+/m1/s1. The van der Waals surface area contributed by atoms with Crippen molar-refractivity contribution in [1.82, 2.24) is 25.3 Å². The fraction of sp³-hybridized carbons (Fsp3) is 0.630. The van der Waals surface area contributed by atoms with Gasteiger partial charge in [-0.3, -0.25) is 19.2 Å². The number of hydrogen-bond acceptors (Lipinski definition) is 6. The molecule has 0 aromatic heterocycles. The van der Waals surface area contributed by atoms with Crippen LogP contribution in [-0.4, -0.2) is 103 Å². The maximum Gasteiger partial charge on any atom is 0.255 e. The summed E-state index contributed by atoms with van der Waals surface area (Å²) in [5, 5.41) is 5.65. The Morgan fingerprint density at radius 1 is 1.05 bits per heavy atom. The largest absolute Gasteiger partial charge is 0.491 e. The fourth-order valence-electron chi connectivity index (χ4n) is 4.75. The van der Waals surface area contributed by atoms with E-state index in [9.17, 15) is 19.2 Å². The van der Waals surface area contributed by atoms with Gasteiger partial charge in [0.1, 0.15) is 24.4 Å². The van der Waals surface area contributed by atoms with Crippen molar-refractivity contribution in [3.05, 3.63) is 29.8 Å². The Balaban J connectivity index is 1.93. The van der Waals surface area contributed by atoms with Crippen LogP contribution in [0.25, 0.3) is 0 Å². The zero-order chi connectivity index (χ0) is 26.9. The molecule has 204 valence electrons. The number of carbonyl (C=O) groups excluding carboxylic acids is 4. The molecule has 0 radical (unpaired) electrons. The maximum absolute atomic E-state index is 13.6.